The number of ketones is 2. The summed E-state index contributed by atoms with van der Waals surface area (Å²) >= 11 is 0. The first-order valence-electron chi connectivity index (χ1n) is 11.0. The van der Waals surface area contributed by atoms with E-state index in [1.807, 2.05) is 13.0 Å². The Morgan fingerprint density at radius 3 is 2.14 bits per heavy atom. The van der Waals surface area contributed by atoms with Crippen LogP contribution in [-0.4, -0.2) is 28.9 Å². The Morgan fingerprint density at radius 1 is 0.771 bits per heavy atom. The van der Waals surface area contributed by atoms with Crippen LogP contribution in [0.15, 0.2) is 45.1 Å². The molecule has 5 rings (SSSR count). The van der Waals surface area contributed by atoms with E-state index in [1.165, 1.54) is 14.0 Å². The number of carbonyl (C=O) groups excluding carboxylic acids is 2. The van der Waals surface area contributed by atoms with Gasteiger partial charge >= 0.3 is 5.63 Å². The summed E-state index contributed by atoms with van der Waals surface area (Å²) in [6, 6.07) is 8.28. The van der Waals surface area contributed by atoms with Crippen molar-refractivity contribution in [1.29, 1.82) is 0 Å². The fourth-order valence-corrected chi connectivity index (χ4v) is 5.06. The average molecular weight is 470 g/mol. The zero-order valence-corrected chi connectivity index (χ0v) is 19.8. The maximum Gasteiger partial charge on any atom is 0.347 e. The molecular weight excluding hydrogens is 448 g/mol. The van der Waals surface area contributed by atoms with E-state index >= 15 is 0 Å². The van der Waals surface area contributed by atoms with Crippen molar-refractivity contribution in [3.05, 3.63) is 79.9 Å². The van der Waals surface area contributed by atoms with Gasteiger partial charge in [-0.25, -0.2) is 4.79 Å². The van der Waals surface area contributed by atoms with Gasteiger partial charge in [0.2, 0.25) is 0 Å². The number of Topliss-reactive ketones (excluding diaryl/α,β-unsaturated/α-hetero) is 2. The highest BCUT2D eigenvalue weighted by atomic mass is 16.5. The van der Waals surface area contributed by atoms with Crippen molar-refractivity contribution >= 4 is 38.7 Å². The van der Waals surface area contributed by atoms with Gasteiger partial charge < -0.3 is 19.4 Å². The van der Waals surface area contributed by atoms with E-state index in [0.717, 1.165) is 5.56 Å². The highest BCUT2D eigenvalue weighted by Crippen LogP contribution is 2.48. The Balaban J connectivity index is 1.90. The first-order chi connectivity index (χ1) is 16.5. The third-order valence-electron chi connectivity index (χ3n) is 6.55. The van der Waals surface area contributed by atoms with Crippen LogP contribution in [-0.2, 0) is 0 Å². The zero-order chi connectivity index (χ0) is 25.3. The molecule has 0 radical (unpaired) electrons. The van der Waals surface area contributed by atoms with Crippen molar-refractivity contribution in [2.75, 3.05) is 7.11 Å². The van der Waals surface area contributed by atoms with Gasteiger partial charge in [0, 0.05) is 22.3 Å². The minimum atomic E-state index is -0.754. The van der Waals surface area contributed by atoms with Crippen molar-refractivity contribution < 1.29 is 29.0 Å². The van der Waals surface area contributed by atoms with Crippen LogP contribution in [0.1, 0.15) is 50.1 Å². The molecule has 0 bridgehead atoms. The quantitative estimate of drug-likeness (QED) is 0.390. The van der Waals surface area contributed by atoms with E-state index in [-0.39, 0.29) is 44.6 Å². The number of fused-ring (bicyclic) bond motifs is 3. The molecule has 176 valence electrons. The molecule has 1 aliphatic rings. The fraction of sp³-hybridized carbons (Fsp3) is 0.179. The molecule has 7 nitrogen and oxygen atoms in total. The number of carbonyl (C=O) groups is 2. The predicted molar refractivity (Wildman–Crippen MR) is 132 cm³/mol. The molecule has 7 heteroatoms. The van der Waals surface area contributed by atoms with E-state index in [4.69, 9.17) is 9.15 Å². The van der Waals surface area contributed by atoms with Crippen LogP contribution < -0.4 is 10.4 Å². The molecule has 1 aromatic heterocycles. The Labute approximate surface area is 199 Å². The highest BCUT2D eigenvalue weighted by Gasteiger charge is 2.36. The first-order valence-corrected chi connectivity index (χ1v) is 11.0. The molecule has 0 fully saturated rings. The van der Waals surface area contributed by atoms with Gasteiger partial charge in [-0.15, -0.1) is 0 Å². The maximum absolute atomic E-state index is 13.7. The SMILES string of the molecule is COc1cc2cc3cc(C)oc(=O)c3c(O)c2c(O)c1C1=C(C)C(=O)c2cc(C)cc(C)c2C1=O. The number of methoxy groups -OCH3 is 1. The molecular formula is C28H22O7. The normalized spacial score (nSPS) is 13.6. The van der Waals surface area contributed by atoms with E-state index < -0.39 is 22.9 Å². The molecule has 0 aliphatic heterocycles. The van der Waals surface area contributed by atoms with Crippen molar-refractivity contribution in [1.82, 2.24) is 0 Å². The van der Waals surface area contributed by atoms with Crippen molar-refractivity contribution in [2.45, 2.75) is 27.7 Å². The summed E-state index contributed by atoms with van der Waals surface area (Å²) in [5, 5.41) is 23.1. The molecule has 0 amide bonds. The van der Waals surface area contributed by atoms with Gasteiger partial charge in [-0.2, -0.15) is 0 Å². The number of aryl methyl sites for hydroxylation is 3. The first kappa shape index (κ1) is 22.4. The number of hydrogen-bond acceptors (Lipinski definition) is 7. The molecule has 2 N–H and O–H groups in total. The number of allylic oxidation sites excluding steroid dienone is 2. The minimum Gasteiger partial charge on any atom is -0.506 e. The summed E-state index contributed by atoms with van der Waals surface area (Å²) in [5.41, 5.74) is 1.44. The molecule has 1 aliphatic carbocycles. The lowest BCUT2D eigenvalue weighted by atomic mass is 9.78. The van der Waals surface area contributed by atoms with Crippen molar-refractivity contribution in [2.24, 2.45) is 0 Å². The molecule has 35 heavy (non-hydrogen) atoms. The van der Waals surface area contributed by atoms with Crippen LogP contribution in [0.25, 0.3) is 27.1 Å². The van der Waals surface area contributed by atoms with Crippen LogP contribution >= 0.6 is 0 Å². The van der Waals surface area contributed by atoms with Gasteiger partial charge in [0.15, 0.2) is 11.6 Å². The van der Waals surface area contributed by atoms with E-state index in [0.29, 0.717) is 27.7 Å². The van der Waals surface area contributed by atoms with E-state index in [2.05, 4.69) is 0 Å². The van der Waals surface area contributed by atoms with Gasteiger partial charge in [0.25, 0.3) is 0 Å². The Morgan fingerprint density at radius 2 is 1.46 bits per heavy atom. The monoisotopic (exact) mass is 470 g/mol. The van der Waals surface area contributed by atoms with Gasteiger partial charge in [0.1, 0.15) is 28.4 Å². The number of benzene rings is 3. The van der Waals surface area contributed by atoms with Crippen LogP contribution in [0.3, 0.4) is 0 Å². The number of phenolic OH excluding ortho intramolecular Hbond substituents is 2. The lowest BCUT2D eigenvalue weighted by Gasteiger charge is -2.24. The number of ether oxygens (including phenoxy) is 1. The molecule has 4 aromatic rings. The lowest BCUT2D eigenvalue weighted by molar-refractivity contribution is 0.0991. The molecule has 3 aromatic carbocycles. The zero-order valence-electron chi connectivity index (χ0n) is 19.8. The largest absolute Gasteiger partial charge is 0.506 e. The second-order valence-electron chi connectivity index (χ2n) is 8.90. The molecule has 0 atom stereocenters. The van der Waals surface area contributed by atoms with Gasteiger partial charge in [-0.1, -0.05) is 11.6 Å². The highest BCUT2D eigenvalue weighted by molar-refractivity contribution is 6.42. The van der Waals surface area contributed by atoms with Crippen molar-refractivity contribution in [3.63, 3.8) is 0 Å². The topological polar surface area (TPSA) is 114 Å². The van der Waals surface area contributed by atoms with Crippen LogP contribution in [0.2, 0.25) is 0 Å². The van der Waals surface area contributed by atoms with Gasteiger partial charge in [-0.05, 0) is 68.3 Å². The van der Waals surface area contributed by atoms with Crippen LogP contribution in [0.5, 0.6) is 17.2 Å². The van der Waals surface area contributed by atoms with Crippen LogP contribution in [0.4, 0.5) is 0 Å². The summed E-state index contributed by atoms with van der Waals surface area (Å²) in [5.74, 6) is -1.20. The Hall–Kier alpha value is -4.39. The van der Waals surface area contributed by atoms with E-state index in [1.54, 1.807) is 38.1 Å². The fourth-order valence-electron chi connectivity index (χ4n) is 5.06. The van der Waals surface area contributed by atoms with E-state index in [9.17, 15) is 24.6 Å². The molecule has 0 unspecified atom stereocenters. The van der Waals surface area contributed by atoms with Crippen molar-refractivity contribution in [3.8, 4) is 17.2 Å². The van der Waals surface area contributed by atoms with Crippen LogP contribution in [0, 0.1) is 20.8 Å². The number of aromatic hydroxyl groups is 2. The summed E-state index contributed by atoms with van der Waals surface area (Å²) in [4.78, 5) is 39.5. The average Bonchev–Trinajstić information content (AvgIpc) is 2.77. The number of rotatable bonds is 2. The Bertz CT molecular complexity index is 1740. The minimum absolute atomic E-state index is 0.0128. The predicted octanol–water partition coefficient (Wildman–Crippen LogP) is 5.14. The summed E-state index contributed by atoms with van der Waals surface area (Å²) in [7, 11) is 1.39. The second kappa shape index (κ2) is 7.56. The third kappa shape index (κ3) is 3.08. The number of hydrogen-bond donors (Lipinski definition) is 2. The summed E-state index contributed by atoms with van der Waals surface area (Å²) in [6.45, 7) is 6.75. The maximum atomic E-state index is 13.7. The third-order valence-corrected chi connectivity index (χ3v) is 6.55. The number of phenols is 2. The Kier molecular flexibility index (Phi) is 4.84. The smallest absolute Gasteiger partial charge is 0.347 e. The lowest BCUT2D eigenvalue weighted by Crippen LogP contribution is -2.22. The summed E-state index contributed by atoms with van der Waals surface area (Å²) in [6.07, 6.45) is 0. The molecule has 0 spiro atoms. The standard InChI is InChI=1S/C28H22O7/c1-11-6-12(2)19-17(7-11)24(29)14(4)20(25(19)30)23-18(34-5)10-16-9-15-8-13(3)35-28(33)22(15)26(31)21(16)27(23)32/h6-10,31-32H,1-5H3. The molecule has 1 heterocycles. The van der Waals surface area contributed by atoms with Gasteiger partial charge in [0.05, 0.1) is 18.1 Å². The second-order valence-corrected chi connectivity index (χ2v) is 8.90. The molecule has 0 saturated carbocycles. The van der Waals surface area contributed by atoms with Gasteiger partial charge in [-0.3, -0.25) is 9.59 Å². The summed E-state index contributed by atoms with van der Waals surface area (Å²) < 4.78 is 10.7. The molecule has 0 saturated heterocycles.